The molecular formula is C24H27ClFN7O. The zero-order valence-electron chi connectivity index (χ0n) is 19.3. The smallest absolute Gasteiger partial charge is 0.230 e. The van der Waals surface area contributed by atoms with Crippen molar-refractivity contribution in [2.24, 2.45) is 0 Å². The zero-order chi connectivity index (χ0) is 23.8. The number of nitrogens with zero attached hydrogens (tertiary/aromatic N) is 6. The topological polar surface area (TPSA) is 79.2 Å². The summed E-state index contributed by atoms with van der Waals surface area (Å²) in [6.45, 7) is 3.35. The fourth-order valence-electron chi connectivity index (χ4n) is 4.67. The summed E-state index contributed by atoms with van der Waals surface area (Å²) in [6, 6.07) is 4.73. The maximum Gasteiger partial charge on any atom is 0.230 e. The van der Waals surface area contributed by atoms with Crippen LogP contribution in [-0.2, 0) is 17.8 Å². The number of hydrogen-bond donors (Lipinski definition) is 1. The lowest BCUT2D eigenvalue weighted by atomic mass is 9.95. The number of amides is 1. The summed E-state index contributed by atoms with van der Waals surface area (Å²) in [5, 5.41) is 2.90. The number of imidazole rings is 1. The highest BCUT2D eigenvalue weighted by atomic mass is 35.5. The zero-order valence-corrected chi connectivity index (χ0v) is 20.0. The second-order valence-corrected chi connectivity index (χ2v) is 9.53. The van der Waals surface area contributed by atoms with Gasteiger partial charge >= 0.3 is 0 Å². The van der Waals surface area contributed by atoms with E-state index in [1.165, 1.54) is 12.4 Å². The average molecular weight is 484 g/mol. The van der Waals surface area contributed by atoms with Crippen molar-refractivity contribution in [1.29, 1.82) is 0 Å². The number of fused-ring (bicyclic) bond motifs is 1. The van der Waals surface area contributed by atoms with Gasteiger partial charge in [0.1, 0.15) is 29.6 Å². The minimum atomic E-state index is -0.432. The quantitative estimate of drug-likeness (QED) is 0.577. The largest absolute Gasteiger partial charge is 0.356 e. The van der Waals surface area contributed by atoms with Gasteiger partial charge < -0.3 is 19.7 Å². The van der Waals surface area contributed by atoms with Gasteiger partial charge in [-0.15, -0.1) is 0 Å². The molecule has 4 heterocycles. The predicted octanol–water partition coefficient (Wildman–Crippen LogP) is 3.57. The molecule has 178 valence electrons. The van der Waals surface area contributed by atoms with Crippen molar-refractivity contribution in [1.82, 2.24) is 24.4 Å². The van der Waals surface area contributed by atoms with Gasteiger partial charge in [-0.25, -0.2) is 19.3 Å². The number of rotatable bonds is 6. The fourth-order valence-corrected chi connectivity index (χ4v) is 4.85. The molecule has 0 unspecified atom stereocenters. The normalized spacial score (nSPS) is 16.3. The standard InChI is InChI=1S/C24H27ClFN7O/c1-31(2)9-10-33-13-20(16-3-4-19(26)18(25)11-16)29-23(33)15-5-7-32(8-6-15)24-17-12-21(34)30-22(17)27-14-28-24/h3-4,11,13-15H,5-10,12H2,1-2H3,(H,27,28,30,34). The Kier molecular flexibility index (Phi) is 6.22. The Morgan fingerprint density at radius 1 is 1.24 bits per heavy atom. The molecule has 0 spiro atoms. The van der Waals surface area contributed by atoms with Crippen LogP contribution in [-0.4, -0.2) is 64.1 Å². The lowest BCUT2D eigenvalue weighted by molar-refractivity contribution is -0.115. The van der Waals surface area contributed by atoms with Gasteiger partial charge in [-0.1, -0.05) is 11.6 Å². The van der Waals surface area contributed by atoms with E-state index < -0.39 is 5.82 Å². The lowest BCUT2D eigenvalue weighted by Gasteiger charge is -2.33. The number of halogens is 2. The molecule has 8 nitrogen and oxygen atoms in total. The highest BCUT2D eigenvalue weighted by Crippen LogP contribution is 2.35. The van der Waals surface area contributed by atoms with E-state index in [4.69, 9.17) is 16.6 Å². The second-order valence-electron chi connectivity index (χ2n) is 9.12. The number of likely N-dealkylation sites (N-methyl/N-ethyl adjacent to an activating group) is 1. The number of benzene rings is 1. The third-order valence-corrected chi connectivity index (χ3v) is 6.78. The first kappa shape index (κ1) is 22.7. The molecule has 1 N–H and O–H groups in total. The van der Waals surface area contributed by atoms with Crippen LogP contribution in [0, 0.1) is 5.82 Å². The second kappa shape index (κ2) is 9.31. The third-order valence-electron chi connectivity index (χ3n) is 6.49. The van der Waals surface area contributed by atoms with E-state index in [0.29, 0.717) is 12.2 Å². The molecular weight excluding hydrogens is 457 g/mol. The van der Waals surface area contributed by atoms with Crippen molar-refractivity contribution >= 4 is 29.1 Å². The van der Waals surface area contributed by atoms with Crippen molar-refractivity contribution in [2.45, 2.75) is 31.7 Å². The molecule has 1 fully saturated rings. The summed E-state index contributed by atoms with van der Waals surface area (Å²) in [6.07, 6.45) is 5.72. The lowest BCUT2D eigenvalue weighted by Crippen LogP contribution is -2.35. The van der Waals surface area contributed by atoms with E-state index in [0.717, 1.165) is 67.5 Å². The molecule has 0 saturated carbocycles. The van der Waals surface area contributed by atoms with Crippen LogP contribution in [0.3, 0.4) is 0 Å². The van der Waals surface area contributed by atoms with E-state index in [9.17, 15) is 9.18 Å². The number of anilines is 2. The Balaban J connectivity index is 1.37. The highest BCUT2D eigenvalue weighted by molar-refractivity contribution is 6.31. The van der Waals surface area contributed by atoms with Crippen molar-refractivity contribution in [3.8, 4) is 11.3 Å². The highest BCUT2D eigenvalue weighted by Gasteiger charge is 2.30. The van der Waals surface area contributed by atoms with Crippen molar-refractivity contribution < 1.29 is 9.18 Å². The van der Waals surface area contributed by atoms with Gasteiger partial charge in [0.2, 0.25) is 5.91 Å². The first-order chi connectivity index (χ1) is 16.4. The van der Waals surface area contributed by atoms with Gasteiger partial charge in [-0.2, -0.15) is 0 Å². The van der Waals surface area contributed by atoms with E-state index in [1.54, 1.807) is 12.1 Å². The Bertz CT molecular complexity index is 1220. The molecule has 0 aliphatic carbocycles. The van der Waals surface area contributed by atoms with Crippen LogP contribution in [0.4, 0.5) is 16.0 Å². The maximum atomic E-state index is 13.7. The molecule has 0 bridgehead atoms. The van der Waals surface area contributed by atoms with E-state index in [-0.39, 0.29) is 16.8 Å². The molecule has 3 aromatic rings. The Morgan fingerprint density at radius 3 is 2.76 bits per heavy atom. The monoisotopic (exact) mass is 483 g/mol. The summed E-state index contributed by atoms with van der Waals surface area (Å²) < 4.78 is 15.9. The maximum absolute atomic E-state index is 13.7. The van der Waals surface area contributed by atoms with Crippen molar-refractivity contribution in [3.05, 3.63) is 53.0 Å². The first-order valence-electron chi connectivity index (χ1n) is 11.4. The van der Waals surface area contributed by atoms with Crippen LogP contribution >= 0.6 is 11.6 Å². The summed E-state index contributed by atoms with van der Waals surface area (Å²) in [4.78, 5) is 29.9. The van der Waals surface area contributed by atoms with Gasteiger partial charge in [0.25, 0.3) is 0 Å². The number of aromatic nitrogens is 4. The number of carbonyl (C=O) groups is 1. The molecule has 2 aliphatic heterocycles. The van der Waals surface area contributed by atoms with E-state index >= 15 is 0 Å². The van der Waals surface area contributed by atoms with Crippen LogP contribution < -0.4 is 10.2 Å². The molecule has 2 aliphatic rings. The summed E-state index contributed by atoms with van der Waals surface area (Å²) in [7, 11) is 4.10. The van der Waals surface area contributed by atoms with Crippen LogP contribution in [0.25, 0.3) is 11.3 Å². The molecule has 1 aromatic carbocycles. The molecule has 34 heavy (non-hydrogen) atoms. The van der Waals surface area contributed by atoms with Gasteiger partial charge in [0, 0.05) is 49.4 Å². The summed E-state index contributed by atoms with van der Waals surface area (Å²) >= 11 is 6.03. The molecule has 0 atom stereocenters. The van der Waals surface area contributed by atoms with Crippen LogP contribution in [0.1, 0.15) is 30.1 Å². The van der Waals surface area contributed by atoms with E-state index in [2.05, 4.69) is 43.7 Å². The molecule has 1 saturated heterocycles. The SMILES string of the molecule is CN(C)CCn1cc(-c2ccc(F)c(Cl)c2)nc1C1CCN(c2ncnc3c2CC(=O)N3)CC1. The Labute approximate surface area is 202 Å². The molecule has 10 heteroatoms. The summed E-state index contributed by atoms with van der Waals surface area (Å²) in [5.41, 5.74) is 2.49. The Hall–Kier alpha value is -3.04. The van der Waals surface area contributed by atoms with Gasteiger partial charge in [0.15, 0.2) is 0 Å². The van der Waals surface area contributed by atoms with Crippen LogP contribution in [0.5, 0.6) is 0 Å². The van der Waals surface area contributed by atoms with Gasteiger partial charge in [-0.05, 0) is 45.1 Å². The molecule has 5 rings (SSSR count). The van der Waals surface area contributed by atoms with Gasteiger partial charge in [-0.3, -0.25) is 4.79 Å². The molecule has 2 aromatic heterocycles. The number of hydrogen-bond acceptors (Lipinski definition) is 6. The first-order valence-corrected chi connectivity index (χ1v) is 11.8. The fraction of sp³-hybridized carbons (Fsp3) is 0.417. The summed E-state index contributed by atoms with van der Waals surface area (Å²) in [5.74, 6) is 2.33. The van der Waals surface area contributed by atoms with Gasteiger partial charge in [0.05, 0.1) is 17.1 Å². The van der Waals surface area contributed by atoms with Crippen LogP contribution in [0.2, 0.25) is 5.02 Å². The minimum absolute atomic E-state index is 0.0389. The number of carbonyl (C=O) groups excluding carboxylic acids is 1. The molecule has 0 radical (unpaired) electrons. The Morgan fingerprint density at radius 2 is 2.03 bits per heavy atom. The minimum Gasteiger partial charge on any atom is -0.356 e. The molecule has 1 amide bonds. The van der Waals surface area contributed by atoms with E-state index in [1.807, 2.05) is 6.20 Å². The van der Waals surface area contributed by atoms with Crippen molar-refractivity contribution in [2.75, 3.05) is 43.9 Å². The number of nitrogens with one attached hydrogen (secondary N) is 1. The van der Waals surface area contributed by atoms with Crippen LogP contribution in [0.15, 0.2) is 30.7 Å². The number of piperidine rings is 1. The average Bonchev–Trinajstić information content (AvgIpc) is 3.42. The predicted molar refractivity (Wildman–Crippen MR) is 130 cm³/mol. The van der Waals surface area contributed by atoms with Crippen molar-refractivity contribution in [3.63, 3.8) is 0 Å². The third kappa shape index (κ3) is 4.50.